The van der Waals surface area contributed by atoms with Gasteiger partial charge in [0.1, 0.15) is 17.6 Å². The predicted molar refractivity (Wildman–Crippen MR) is 103 cm³/mol. The highest BCUT2D eigenvalue weighted by Gasteiger charge is 2.28. The number of benzene rings is 1. The van der Waals surface area contributed by atoms with E-state index in [1.54, 1.807) is 6.07 Å². The first kappa shape index (κ1) is 19.9. The Morgan fingerprint density at radius 1 is 1.38 bits per heavy atom. The average molecular weight is 379 g/mol. The molecule has 0 spiro atoms. The van der Waals surface area contributed by atoms with Crippen molar-refractivity contribution in [3.05, 3.63) is 40.9 Å². The van der Waals surface area contributed by atoms with E-state index in [4.69, 9.17) is 10.2 Å². The maximum atomic E-state index is 12.6. The van der Waals surface area contributed by atoms with Gasteiger partial charge >= 0.3 is 0 Å². The number of fused-ring (bicyclic) bond motifs is 3. The predicted octanol–water partition coefficient (Wildman–Crippen LogP) is 2.05. The molecule has 0 saturated heterocycles. The number of rotatable bonds is 5. The molecule has 1 aromatic carbocycles. The molecular formula is C18H23ClN4O3. The number of para-hydroxylation sites is 1. The highest BCUT2D eigenvalue weighted by Crippen LogP contribution is 2.24. The molecule has 3 rings (SSSR count). The fourth-order valence-electron chi connectivity index (χ4n) is 2.67. The van der Waals surface area contributed by atoms with Crippen LogP contribution in [0.4, 0.5) is 0 Å². The lowest BCUT2D eigenvalue weighted by atomic mass is 9.88. The van der Waals surface area contributed by atoms with Crippen LogP contribution in [0.5, 0.6) is 0 Å². The van der Waals surface area contributed by atoms with Crippen molar-refractivity contribution in [2.75, 3.05) is 6.54 Å². The molecule has 3 N–H and O–H groups in total. The van der Waals surface area contributed by atoms with Gasteiger partial charge in [0.2, 0.25) is 11.5 Å². The van der Waals surface area contributed by atoms with E-state index in [0.717, 1.165) is 5.39 Å². The molecule has 7 nitrogen and oxygen atoms in total. The molecule has 0 radical (unpaired) electrons. The quantitative estimate of drug-likeness (QED) is 0.707. The molecular weight excluding hydrogens is 356 g/mol. The first-order valence-corrected chi connectivity index (χ1v) is 8.23. The lowest BCUT2D eigenvalue weighted by molar-refractivity contribution is -0.123. The number of hydrogen-bond donors (Lipinski definition) is 2. The van der Waals surface area contributed by atoms with E-state index < -0.39 is 5.54 Å². The van der Waals surface area contributed by atoms with Crippen LogP contribution >= 0.6 is 12.4 Å². The topological polar surface area (TPSA) is 103 Å². The molecule has 0 saturated carbocycles. The summed E-state index contributed by atoms with van der Waals surface area (Å²) in [4.78, 5) is 29.3. The zero-order chi connectivity index (χ0) is 18.2. The van der Waals surface area contributed by atoms with Crippen LogP contribution in [-0.2, 0) is 11.3 Å². The van der Waals surface area contributed by atoms with Gasteiger partial charge in [0.25, 0.3) is 5.56 Å². The molecule has 140 valence electrons. The first-order valence-electron chi connectivity index (χ1n) is 8.23. The number of carbonyl (C=O) groups is 1. The van der Waals surface area contributed by atoms with Crippen LogP contribution in [0.3, 0.4) is 0 Å². The Hall–Kier alpha value is -2.38. The van der Waals surface area contributed by atoms with Gasteiger partial charge in [-0.15, -0.1) is 12.4 Å². The largest absolute Gasteiger partial charge is 0.448 e. The number of nitrogens with zero attached hydrogens (tertiary/aromatic N) is 2. The fraction of sp³-hybridized carbons (Fsp3) is 0.389. The molecule has 8 heteroatoms. The van der Waals surface area contributed by atoms with Crippen molar-refractivity contribution in [3.63, 3.8) is 0 Å². The van der Waals surface area contributed by atoms with Crippen molar-refractivity contribution in [3.8, 4) is 0 Å². The Bertz CT molecular complexity index is 995. The van der Waals surface area contributed by atoms with Gasteiger partial charge in [0.15, 0.2) is 0 Å². The minimum absolute atomic E-state index is 0. The SMILES string of the molecule is CC(C)C(C)(CN)NC(=O)Cn1cnc2c(oc3ccccc32)c1=O.Cl. The summed E-state index contributed by atoms with van der Waals surface area (Å²) in [6.45, 7) is 6.04. The van der Waals surface area contributed by atoms with Crippen LogP contribution < -0.4 is 16.6 Å². The minimum Gasteiger partial charge on any atom is -0.448 e. The number of nitrogens with one attached hydrogen (secondary N) is 1. The smallest absolute Gasteiger partial charge is 0.297 e. The molecule has 0 aliphatic heterocycles. The summed E-state index contributed by atoms with van der Waals surface area (Å²) in [5.41, 5.74) is 6.13. The van der Waals surface area contributed by atoms with E-state index >= 15 is 0 Å². The van der Waals surface area contributed by atoms with Gasteiger partial charge in [0.05, 0.1) is 11.9 Å². The Balaban J connectivity index is 0.00000243. The minimum atomic E-state index is -0.530. The number of halogens is 1. The summed E-state index contributed by atoms with van der Waals surface area (Å²) < 4.78 is 6.87. The number of hydrogen-bond acceptors (Lipinski definition) is 5. The maximum absolute atomic E-state index is 12.6. The van der Waals surface area contributed by atoms with E-state index in [1.165, 1.54) is 10.9 Å². The first-order chi connectivity index (χ1) is 11.9. The van der Waals surface area contributed by atoms with Gasteiger partial charge in [-0.1, -0.05) is 26.0 Å². The average Bonchev–Trinajstić information content (AvgIpc) is 2.96. The van der Waals surface area contributed by atoms with Crippen LogP contribution in [-0.4, -0.2) is 27.5 Å². The zero-order valence-corrected chi connectivity index (χ0v) is 15.8. The second-order valence-electron chi connectivity index (χ2n) is 6.78. The Morgan fingerprint density at radius 3 is 2.73 bits per heavy atom. The number of amides is 1. The van der Waals surface area contributed by atoms with Crippen LogP contribution in [0.1, 0.15) is 20.8 Å². The van der Waals surface area contributed by atoms with Crippen molar-refractivity contribution < 1.29 is 9.21 Å². The van der Waals surface area contributed by atoms with Crippen molar-refractivity contribution in [2.24, 2.45) is 11.7 Å². The fourth-order valence-corrected chi connectivity index (χ4v) is 2.67. The molecule has 2 aromatic heterocycles. The molecule has 1 amide bonds. The highest BCUT2D eigenvalue weighted by molar-refractivity contribution is 6.01. The van der Waals surface area contributed by atoms with Gasteiger partial charge in [-0.3, -0.25) is 14.2 Å². The molecule has 3 aromatic rings. The lowest BCUT2D eigenvalue weighted by Gasteiger charge is -2.33. The zero-order valence-electron chi connectivity index (χ0n) is 15.0. The van der Waals surface area contributed by atoms with E-state index in [2.05, 4.69) is 10.3 Å². The van der Waals surface area contributed by atoms with Gasteiger partial charge in [-0.05, 0) is 25.0 Å². The second kappa shape index (κ2) is 7.47. The number of carbonyl (C=O) groups excluding carboxylic acids is 1. The molecule has 1 atom stereocenters. The van der Waals surface area contributed by atoms with Crippen LogP contribution in [0.25, 0.3) is 22.1 Å². The van der Waals surface area contributed by atoms with E-state index in [9.17, 15) is 9.59 Å². The highest BCUT2D eigenvalue weighted by atomic mass is 35.5. The third-order valence-electron chi connectivity index (χ3n) is 4.79. The number of furan rings is 1. The van der Waals surface area contributed by atoms with Crippen molar-refractivity contribution in [1.82, 2.24) is 14.9 Å². The lowest BCUT2D eigenvalue weighted by Crippen LogP contribution is -2.56. The van der Waals surface area contributed by atoms with Crippen molar-refractivity contribution in [2.45, 2.75) is 32.9 Å². The monoisotopic (exact) mass is 378 g/mol. The van der Waals surface area contributed by atoms with Gasteiger partial charge in [-0.25, -0.2) is 4.98 Å². The summed E-state index contributed by atoms with van der Waals surface area (Å²) in [6, 6.07) is 7.32. The Labute approximate surface area is 157 Å². The van der Waals surface area contributed by atoms with Gasteiger partial charge < -0.3 is 15.5 Å². The normalized spacial score (nSPS) is 13.6. The molecule has 0 aliphatic rings. The number of aromatic nitrogens is 2. The molecule has 0 aliphatic carbocycles. The maximum Gasteiger partial charge on any atom is 0.297 e. The molecule has 0 bridgehead atoms. The third-order valence-corrected chi connectivity index (χ3v) is 4.79. The number of nitrogens with two attached hydrogens (primary N) is 1. The van der Waals surface area contributed by atoms with Crippen molar-refractivity contribution >= 4 is 40.4 Å². The van der Waals surface area contributed by atoms with Crippen molar-refractivity contribution in [1.29, 1.82) is 0 Å². The van der Waals surface area contributed by atoms with E-state index in [1.807, 2.05) is 39.0 Å². The molecule has 0 fully saturated rings. The van der Waals surface area contributed by atoms with Gasteiger partial charge in [0, 0.05) is 11.9 Å². The molecule has 26 heavy (non-hydrogen) atoms. The van der Waals surface area contributed by atoms with Crippen LogP contribution in [0.15, 0.2) is 39.8 Å². The second-order valence-corrected chi connectivity index (χ2v) is 6.78. The van der Waals surface area contributed by atoms with E-state index in [-0.39, 0.29) is 41.9 Å². The van der Waals surface area contributed by atoms with Crippen LogP contribution in [0.2, 0.25) is 0 Å². The summed E-state index contributed by atoms with van der Waals surface area (Å²) in [5, 5.41) is 3.69. The summed E-state index contributed by atoms with van der Waals surface area (Å²) >= 11 is 0. The Morgan fingerprint density at radius 2 is 2.08 bits per heavy atom. The summed E-state index contributed by atoms with van der Waals surface area (Å²) in [5.74, 6) is -0.129. The molecule has 2 heterocycles. The summed E-state index contributed by atoms with van der Waals surface area (Å²) in [6.07, 6.45) is 1.38. The summed E-state index contributed by atoms with van der Waals surface area (Å²) in [7, 11) is 0. The van der Waals surface area contributed by atoms with E-state index in [0.29, 0.717) is 17.6 Å². The standard InChI is InChI=1S/C18H22N4O3.ClH/c1-11(2)18(3,9-19)21-14(23)8-22-10-20-15-12-6-4-5-7-13(12)25-16(15)17(22)24;/h4-7,10-11H,8-9,19H2,1-3H3,(H,21,23);1H. The van der Waals surface area contributed by atoms with Gasteiger partial charge in [-0.2, -0.15) is 0 Å². The van der Waals surface area contributed by atoms with Crippen LogP contribution in [0, 0.1) is 5.92 Å². The molecule has 1 unspecified atom stereocenters. The Kier molecular flexibility index (Phi) is 5.73. The third kappa shape index (κ3) is 3.45.